The van der Waals surface area contributed by atoms with Gasteiger partial charge in [0.05, 0.1) is 6.17 Å². The minimum Gasteiger partial charge on any atom is -0.316 e. The largest absolute Gasteiger partial charge is 0.466 e. The van der Waals surface area contributed by atoms with Crippen LogP contribution in [-0.2, 0) is 4.57 Å². The van der Waals surface area contributed by atoms with Crippen LogP contribution in [0.15, 0.2) is 0 Å². The molecule has 7 N–H and O–H groups in total. The van der Waals surface area contributed by atoms with Gasteiger partial charge in [0.25, 0.3) is 0 Å². The minimum absolute atomic E-state index is 0.116. The first-order chi connectivity index (χ1) is 4.27. The van der Waals surface area contributed by atoms with Crippen molar-refractivity contribution >= 4 is 7.82 Å². The van der Waals surface area contributed by atoms with E-state index in [1.807, 2.05) is 6.92 Å². The predicted octanol–water partition coefficient (Wildman–Crippen LogP) is -1.29. The number of hydrogen-bond donors (Lipinski definition) is 5. The van der Waals surface area contributed by atoms with E-state index in [9.17, 15) is 0 Å². The lowest BCUT2D eigenvalue weighted by molar-refractivity contribution is 0.275. The molecule has 0 bridgehead atoms. The Labute approximate surface area is 59.1 Å². The van der Waals surface area contributed by atoms with E-state index < -0.39 is 7.82 Å². The third-order valence-corrected chi connectivity index (χ3v) is 0.471. The fourth-order valence-electron chi connectivity index (χ4n) is 0. The van der Waals surface area contributed by atoms with Crippen molar-refractivity contribution < 1.29 is 19.2 Å². The standard InChI is InChI=1S/C3H10N2.H3O4P/c1-2-3(4)5;1-5(2,3)4/h3H,2,4-5H2,1H3;(H3,1,2,3,4). The highest BCUT2D eigenvalue weighted by Gasteiger charge is 2.00. The zero-order valence-corrected chi connectivity index (χ0v) is 6.53. The van der Waals surface area contributed by atoms with Crippen LogP contribution in [0.3, 0.4) is 0 Å². The molecule has 0 amide bonds. The maximum Gasteiger partial charge on any atom is 0.466 e. The molecule has 0 atom stereocenters. The highest BCUT2D eigenvalue weighted by Crippen LogP contribution is 2.25. The first-order valence-electron chi connectivity index (χ1n) is 2.56. The molecule has 0 aliphatic rings. The van der Waals surface area contributed by atoms with E-state index in [2.05, 4.69) is 0 Å². The van der Waals surface area contributed by atoms with Gasteiger partial charge in [0.15, 0.2) is 0 Å². The molecule has 0 spiro atoms. The predicted molar refractivity (Wildman–Crippen MR) is 36.7 cm³/mol. The molecule has 64 valence electrons. The van der Waals surface area contributed by atoms with Gasteiger partial charge in [-0.1, -0.05) is 6.92 Å². The van der Waals surface area contributed by atoms with Crippen LogP contribution < -0.4 is 11.5 Å². The second-order valence-corrected chi connectivity index (χ2v) is 2.61. The first-order valence-corrected chi connectivity index (χ1v) is 4.13. The summed E-state index contributed by atoms with van der Waals surface area (Å²) >= 11 is 0. The monoisotopic (exact) mass is 172 g/mol. The highest BCUT2D eigenvalue weighted by atomic mass is 31.2. The number of nitrogens with two attached hydrogens (primary N) is 2. The number of rotatable bonds is 1. The van der Waals surface area contributed by atoms with Crippen molar-refractivity contribution in [3.05, 3.63) is 0 Å². The van der Waals surface area contributed by atoms with Crippen molar-refractivity contribution in [3.8, 4) is 0 Å². The van der Waals surface area contributed by atoms with Crippen molar-refractivity contribution in [1.29, 1.82) is 0 Å². The molecule has 0 aromatic carbocycles. The molecule has 10 heavy (non-hydrogen) atoms. The summed E-state index contributed by atoms with van der Waals surface area (Å²) in [5.41, 5.74) is 10.1. The topological polar surface area (TPSA) is 130 Å². The van der Waals surface area contributed by atoms with Gasteiger partial charge < -0.3 is 26.1 Å². The van der Waals surface area contributed by atoms with Crippen LogP contribution in [0.4, 0.5) is 0 Å². The average molecular weight is 172 g/mol. The first kappa shape index (κ1) is 12.7. The zero-order valence-electron chi connectivity index (χ0n) is 5.64. The van der Waals surface area contributed by atoms with Gasteiger partial charge in [0.2, 0.25) is 0 Å². The summed E-state index contributed by atoms with van der Waals surface area (Å²) < 4.78 is 8.88. The fourth-order valence-corrected chi connectivity index (χ4v) is 0. The van der Waals surface area contributed by atoms with Crippen LogP contribution >= 0.6 is 7.82 Å². The van der Waals surface area contributed by atoms with Crippen LogP contribution in [0.1, 0.15) is 13.3 Å². The van der Waals surface area contributed by atoms with Crippen LogP contribution in [-0.4, -0.2) is 20.8 Å². The number of hydrogen-bond acceptors (Lipinski definition) is 3. The Bertz CT molecular complexity index is 103. The summed E-state index contributed by atoms with van der Waals surface area (Å²) in [7, 11) is -4.64. The van der Waals surface area contributed by atoms with E-state index in [-0.39, 0.29) is 6.17 Å². The van der Waals surface area contributed by atoms with Crippen molar-refractivity contribution in [2.45, 2.75) is 19.5 Å². The minimum atomic E-state index is -4.64. The second kappa shape index (κ2) is 5.79. The van der Waals surface area contributed by atoms with Crippen LogP contribution in [0.25, 0.3) is 0 Å². The maximum absolute atomic E-state index is 8.88. The molecule has 0 aromatic heterocycles. The van der Waals surface area contributed by atoms with Gasteiger partial charge in [-0.05, 0) is 6.42 Å². The summed E-state index contributed by atoms with van der Waals surface area (Å²) in [6.07, 6.45) is 0.745. The van der Waals surface area contributed by atoms with Gasteiger partial charge >= 0.3 is 7.82 Å². The van der Waals surface area contributed by atoms with E-state index in [1.165, 1.54) is 0 Å². The molecule has 0 aromatic rings. The zero-order chi connectivity index (χ0) is 8.78. The fraction of sp³-hybridized carbons (Fsp3) is 1.00. The van der Waals surface area contributed by atoms with Gasteiger partial charge in [0, 0.05) is 0 Å². The molecule has 0 aliphatic carbocycles. The summed E-state index contributed by atoms with van der Waals surface area (Å²) in [6, 6.07) is 0. The summed E-state index contributed by atoms with van der Waals surface area (Å²) in [4.78, 5) is 21.6. The molecule has 0 fully saturated rings. The molecule has 0 saturated heterocycles. The van der Waals surface area contributed by atoms with Crippen LogP contribution in [0.2, 0.25) is 0 Å². The Balaban J connectivity index is 0. The molecule has 0 unspecified atom stereocenters. The lowest BCUT2D eigenvalue weighted by Crippen LogP contribution is -2.28. The van der Waals surface area contributed by atoms with Crippen molar-refractivity contribution in [3.63, 3.8) is 0 Å². The third kappa shape index (κ3) is 96.3. The molecular formula is C3H13N2O4P. The molecule has 7 heteroatoms. The molecule has 0 saturated carbocycles. The molecule has 0 radical (unpaired) electrons. The Hall–Kier alpha value is 0.0300. The lowest BCUT2D eigenvalue weighted by Gasteiger charge is -1.92. The van der Waals surface area contributed by atoms with Crippen molar-refractivity contribution in [1.82, 2.24) is 0 Å². The molecule has 0 rings (SSSR count). The van der Waals surface area contributed by atoms with E-state index in [0.717, 1.165) is 6.42 Å². The lowest BCUT2D eigenvalue weighted by atomic mass is 10.4. The maximum atomic E-state index is 8.88. The van der Waals surface area contributed by atoms with E-state index in [4.69, 9.17) is 30.7 Å². The highest BCUT2D eigenvalue weighted by molar-refractivity contribution is 7.45. The van der Waals surface area contributed by atoms with Crippen molar-refractivity contribution in [2.24, 2.45) is 11.5 Å². The van der Waals surface area contributed by atoms with E-state index in [1.54, 1.807) is 0 Å². The SMILES string of the molecule is CCC(N)N.O=P(O)(O)O. The summed E-state index contributed by atoms with van der Waals surface area (Å²) in [6.45, 7) is 1.95. The van der Waals surface area contributed by atoms with Crippen molar-refractivity contribution in [2.75, 3.05) is 0 Å². The average Bonchev–Trinajstić information content (AvgIpc) is 1.61. The summed E-state index contributed by atoms with van der Waals surface area (Å²) in [5.74, 6) is 0. The summed E-state index contributed by atoms with van der Waals surface area (Å²) in [5, 5.41) is 0. The van der Waals surface area contributed by atoms with Crippen LogP contribution in [0.5, 0.6) is 0 Å². The smallest absolute Gasteiger partial charge is 0.316 e. The van der Waals surface area contributed by atoms with Gasteiger partial charge in [0.1, 0.15) is 0 Å². The Morgan fingerprint density at radius 1 is 1.40 bits per heavy atom. The Morgan fingerprint density at radius 2 is 1.50 bits per heavy atom. The van der Waals surface area contributed by atoms with Gasteiger partial charge in [-0.25, -0.2) is 4.57 Å². The van der Waals surface area contributed by atoms with E-state index >= 15 is 0 Å². The normalized spacial score (nSPS) is 10.7. The molecule has 6 nitrogen and oxygen atoms in total. The molecular weight excluding hydrogens is 159 g/mol. The van der Waals surface area contributed by atoms with Gasteiger partial charge in [-0.3, -0.25) is 0 Å². The number of phosphoric acid groups is 1. The van der Waals surface area contributed by atoms with Gasteiger partial charge in [-0.2, -0.15) is 0 Å². The third-order valence-electron chi connectivity index (χ3n) is 0.471. The van der Waals surface area contributed by atoms with Crippen LogP contribution in [0, 0.1) is 0 Å². The van der Waals surface area contributed by atoms with E-state index in [0.29, 0.717) is 0 Å². The Morgan fingerprint density at radius 3 is 1.50 bits per heavy atom. The van der Waals surface area contributed by atoms with Gasteiger partial charge in [-0.15, -0.1) is 0 Å². The molecule has 0 aliphatic heterocycles. The second-order valence-electron chi connectivity index (χ2n) is 1.59. The quantitative estimate of drug-likeness (QED) is 0.247. The Kier molecular flexibility index (Phi) is 7.34. The molecule has 0 heterocycles.